The summed E-state index contributed by atoms with van der Waals surface area (Å²) in [5, 5.41) is 11.4. The zero-order valence-corrected chi connectivity index (χ0v) is 17.3. The molecule has 0 unspecified atom stereocenters. The van der Waals surface area contributed by atoms with Gasteiger partial charge in [0.2, 0.25) is 5.75 Å². The molecule has 2 aromatic carbocycles. The smallest absolute Gasteiger partial charge is 0.323 e. The van der Waals surface area contributed by atoms with E-state index in [1.54, 1.807) is 38.1 Å². The molecule has 1 aliphatic heterocycles. The first-order valence-electron chi connectivity index (χ1n) is 9.67. The lowest BCUT2D eigenvalue weighted by atomic mass is 10.1. The van der Waals surface area contributed by atoms with E-state index >= 15 is 0 Å². The topological polar surface area (TPSA) is 117 Å². The van der Waals surface area contributed by atoms with Crippen LogP contribution in [0, 0.1) is 6.92 Å². The van der Waals surface area contributed by atoms with E-state index in [1.807, 2.05) is 31.2 Å². The monoisotopic (exact) mass is 418 g/mol. The van der Waals surface area contributed by atoms with E-state index in [4.69, 9.17) is 4.74 Å². The van der Waals surface area contributed by atoms with Crippen LogP contribution in [0.5, 0.6) is 5.75 Å². The molecule has 31 heavy (non-hydrogen) atoms. The molecule has 9 heteroatoms. The van der Waals surface area contributed by atoms with E-state index in [2.05, 4.69) is 31.2 Å². The number of aromatic nitrogens is 2. The van der Waals surface area contributed by atoms with Crippen LogP contribution in [0.4, 0.5) is 33.5 Å². The predicted octanol–water partition coefficient (Wildman–Crippen LogP) is 4.28. The number of fused-ring (bicyclic) bond motifs is 1. The lowest BCUT2D eigenvalue weighted by molar-refractivity contribution is -0.129. The Labute approximate surface area is 179 Å². The molecule has 0 aliphatic carbocycles. The van der Waals surface area contributed by atoms with Gasteiger partial charge in [-0.05, 0) is 57.2 Å². The van der Waals surface area contributed by atoms with Gasteiger partial charge in [-0.2, -0.15) is 0 Å². The van der Waals surface area contributed by atoms with Crippen molar-refractivity contribution in [3.63, 3.8) is 0 Å². The van der Waals surface area contributed by atoms with Gasteiger partial charge in [-0.15, -0.1) is 0 Å². The standard InChI is InChI=1S/C22H22N6O3/c1-13-4-6-15(7-5-13)26-21(30)27-16-10-8-14(9-11-16)25-18-17-19(24-12-23-18)28-20(29)22(2,3)31-17/h4-12H,1-3H3,(H2,26,27,30)(H2,23,24,25,28,29). The van der Waals surface area contributed by atoms with E-state index in [0.717, 1.165) is 11.3 Å². The van der Waals surface area contributed by atoms with Gasteiger partial charge in [0, 0.05) is 17.1 Å². The van der Waals surface area contributed by atoms with Gasteiger partial charge in [0.15, 0.2) is 17.2 Å². The fourth-order valence-corrected chi connectivity index (χ4v) is 2.91. The van der Waals surface area contributed by atoms with Gasteiger partial charge >= 0.3 is 6.03 Å². The maximum absolute atomic E-state index is 12.2. The van der Waals surface area contributed by atoms with Crippen molar-refractivity contribution in [3.8, 4) is 5.75 Å². The lowest BCUT2D eigenvalue weighted by Crippen LogP contribution is -2.46. The van der Waals surface area contributed by atoms with Gasteiger partial charge in [-0.3, -0.25) is 4.79 Å². The molecule has 9 nitrogen and oxygen atoms in total. The molecule has 1 aromatic heterocycles. The van der Waals surface area contributed by atoms with Crippen molar-refractivity contribution in [3.05, 3.63) is 60.4 Å². The quantitative estimate of drug-likeness (QED) is 0.502. The number of anilines is 5. The number of carbonyl (C=O) groups excluding carboxylic acids is 2. The van der Waals surface area contributed by atoms with Crippen LogP contribution in [-0.2, 0) is 4.79 Å². The third-order valence-electron chi connectivity index (χ3n) is 4.65. The largest absolute Gasteiger partial charge is 0.470 e. The van der Waals surface area contributed by atoms with Crippen LogP contribution >= 0.6 is 0 Å². The molecular weight excluding hydrogens is 396 g/mol. The highest BCUT2D eigenvalue weighted by Gasteiger charge is 2.37. The molecule has 1 aliphatic rings. The SMILES string of the molecule is Cc1ccc(NC(=O)Nc2ccc(Nc3ncnc4c3OC(C)(C)C(=O)N4)cc2)cc1. The number of urea groups is 1. The number of rotatable bonds is 4. The van der Waals surface area contributed by atoms with E-state index in [1.165, 1.54) is 6.33 Å². The number of nitrogens with zero attached hydrogens (tertiary/aromatic N) is 2. The Balaban J connectivity index is 1.43. The van der Waals surface area contributed by atoms with Crippen LogP contribution in [0.3, 0.4) is 0 Å². The third kappa shape index (κ3) is 4.55. The summed E-state index contributed by atoms with van der Waals surface area (Å²) in [5.74, 6) is 0.833. The lowest BCUT2D eigenvalue weighted by Gasteiger charge is -2.31. The molecule has 0 spiro atoms. The molecule has 4 rings (SSSR count). The highest BCUT2D eigenvalue weighted by atomic mass is 16.5. The number of hydrogen-bond acceptors (Lipinski definition) is 6. The minimum absolute atomic E-state index is 0.274. The summed E-state index contributed by atoms with van der Waals surface area (Å²) in [5.41, 5.74) is 2.15. The maximum atomic E-state index is 12.2. The Kier molecular flexibility index (Phi) is 5.16. The Morgan fingerprint density at radius 1 is 0.935 bits per heavy atom. The second-order valence-corrected chi connectivity index (χ2v) is 7.61. The van der Waals surface area contributed by atoms with Gasteiger partial charge < -0.3 is 26.0 Å². The number of hydrogen-bond donors (Lipinski definition) is 4. The van der Waals surface area contributed by atoms with Gasteiger partial charge in [0.05, 0.1) is 0 Å². The molecule has 158 valence electrons. The summed E-state index contributed by atoms with van der Waals surface area (Å²) in [6, 6.07) is 14.3. The van der Waals surface area contributed by atoms with Crippen molar-refractivity contribution in [2.24, 2.45) is 0 Å². The number of amides is 3. The third-order valence-corrected chi connectivity index (χ3v) is 4.65. The van der Waals surface area contributed by atoms with Crippen molar-refractivity contribution < 1.29 is 14.3 Å². The van der Waals surface area contributed by atoms with Crippen molar-refractivity contribution in [1.29, 1.82) is 0 Å². The zero-order chi connectivity index (χ0) is 22.0. The van der Waals surface area contributed by atoms with Crippen LogP contribution in [0.15, 0.2) is 54.9 Å². The number of nitrogens with one attached hydrogen (secondary N) is 4. The highest BCUT2D eigenvalue weighted by molar-refractivity contribution is 6.01. The molecule has 0 saturated heterocycles. The molecular formula is C22H22N6O3. The molecule has 2 heterocycles. The van der Waals surface area contributed by atoms with Crippen LogP contribution in [0.1, 0.15) is 19.4 Å². The van der Waals surface area contributed by atoms with Crippen LogP contribution in [0.25, 0.3) is 0 Å². The molecule has 4 N–H and O–H groups in total. The molecule has 0 radical (unpaired) electrons. The first kappa shape index (κ1) is 20.1. The molecule has 0 atom stereocenters. The van der Waals surface area contributed by atoms with Gasteiger partial charge in [-0.1, -0.05) is 17.7 Å². The summed E-state index contributed by atoms with van der Waals surface area (Å²) in [4.78, 5) is 32.5. The molecule has 3 aromatic rings. The summed E-state index contributed by atoms with van der Waals surface area (Å²) < 4.78 is 5.81. The normalized spacial score (nSPS) is 14.0. The second-order valence-electron chi connectivity index (χ2n) is 7.61. The van der Waals surface area contributed by atoms with E-state index in [0.29, 0.717) is 28.8 Å². The number of ether oxygens (including phenoxy) is 1. The first-order valence-corrected chi connectivity index (χ1v) is 9.67. The average Bonchev–Trinajstić information content (AvgIpc) is 2.72. The average molecular weight is 418 g/mol. The van der Waals surface area contributed by atoms with Crippen molar-refractivity contribution in [2.75, 3.05) is 21.3 Å². The van der Waals surface area contributed by atoms with Crippen molar-refractivity contribution in [1.82, 2.24) is 9.97 Å². The first-order chi connectivity index (χ1) is 14.8. The number of benzene rings is 2. The summed E-state index contributed by atoms with van der Waals surface area (Å²) >= 11 is 0. The Bertz CT molecular complexity index is 1130. The summed E-state index contributed by atoms with van der Waals surface area (Å²) in [7, 11) is 0. The fourth-order valence-electron chi connectivity index (χ4n) is 2.91. The zero-order valence-electron chi connectivity index (χ0n) is 17.3. The van der Waals surface area contributed by atoms with Crippen molar-refractivity contribution in [2.45, 2.75) is 26.4 Å². The summed E-state index contributed by atoms with van der Waals surface area (Å²) in [6.07, 6.45) is 1.34. The van der Waals surface area contributed by atoms with E-state index in [9.17, 15) is 9.59 Å². The Morgan fingerprint density at radius 3 is 2.16 bits per heavy atom. The van der Waals surface area contributed by atoms with Crippen LogP contribution in [-0.4, -0.2) is 27.5 Å². The van der Waals surface area contributed by atoms with E-state index in [-0.39, 0.29) is 11.9 Å². The minimum Gasteiger partial charge on any atom is -0.470 e. The molecule has 0 saturated carbocycles. The molecule has 0 fully saturated rings. The number of aryl methyl sites for hydroxylation is 1. The second kappa shape index (κ2) is 7.94. The van der Waals surface area contributed by atoms with Gasteiger partial charge in [0.25, 0.3) is 5.91 Å². The fraction of sp³-hybridized carbons (Fsp3) is 0.182. The van der Waals surface area contributed by atoms with Gasteiger partial charge in [0.1, 0.15) is 6.33 Å². The number of carbonyl (C=O) groups is 2. The minimum atomic E-state index is -1.03. The Hall–Kier alpha value is -4.14. The highest BCUT2D eigenvalue weighted by Crippen LogP contribution is 2.38. The van der Waals surface area contributed by atoms with Gasteiger partial charge in [-0.25, -0.2) is 14.8 Å². The Morgan fingerprint density at radius 2 is 1.52 bits per heavy atom. The van der Waals surface area contributed by atoms with E-state index < -0.39 is 5.60 Å². The maximum Gasteiger partial charge on any atom is 0.323 e. The summed E-state index contributed by atoms with van der Waals surface area (Å²) in [6.45, 7) is 5.33. The molecule has 0 bridgehead atoms. The van der Waals surface area contributed by atoms with Crippen molar-refractivity contribution >= 4 is 40.6 Å². The van der Waals surface area contributed by atoms with Crippen LogP contribution < -0.4 is 26.0 Å². The predicted molar refractivity (Wildman–Crippen MR) is 119 cm³/mol. The molecule has 3 amide bonds. The van der Waals surface area contributed by atoms with Crippen LogP contribution in [0.2, 0.25) is 0 Å².